The molecule has 1 aromatic heterocycles. The molecule has 6 rings (SSSR count). The number of fused-ring (bicyclic) bond motifs is 4. The van der Waals surface area contributed by atoms with Gasteiger partial charge in [-0.2, -0.15) is 0 Å². The van der Waals surface area contributed by atoms with Crippen molar-refractivity contribution in [1.82, 2.24) is 4.57 Å². The highest BCUT2D eigenvalue weighted by atomic mass is 19.2. The van der Waals surface area contributed by atoms with E-state index in [2.05, 4.69) is 15.5 Å². The zero-order chi connectivity index (χ0) is 32.5. The highest BCUT2D eigenvalue weighted by Gasteiger charge is 2.35. The Morgan fingerprint density at radius 1 is 0.783 bits per heavy atom. The van der Waals surface area contributed by atoms with Gasteiger partial charge in [0.1, 0.15) is 0 Å². The Kier molecular flexibility index (Phi) is 8.35. The van der Waals surface area contributed by atoms with Gasteiger partial charge in [0, 0.05) is 60.2 Å². The molecule has 12 heteroatoms. The van der Waals surface area contributed by atoms with Crippen LogP contribution in [0.3, 0.4) is 0 Å². The molecule has 10 nitrogen and oxygen atoms in total. The maximum atomic E-state index is 13.8. The number of carbonyl (C=O) groups is 2. The number of aromatic nitrogens is 1. The molecule has 2 unspecified atom stereocenters. The quantitative estimate of drug-likeness (QED) is 0.273. The van der Waals surface area contributed by atoms with Crippen molar-refractivity contribution in [3.63, 3.8) is 0 Å². The summed E-state index contributed by atoms with van der Waals surface area (Å²) >= 11 is 0. The largest absolute Gasteiger partial charge is 0.493 e. The van der Waals surface area contributed by atoms with Crippen molar-refractivity contribution >= 4 is 28.9 Å². The number of nitrogens with one attached hydrogen (secondary N) is 2. The summed E-state index contributed by atoms with van der Waals surface area (Å²) in [6, 6.07) is 16.4. The molecule has 3 heterocycles. The standard InChI is InChI=1S/C34H32F2N4O6/c1-44-29-13-21(14-30(45-2)32(29)46-3)34(43)38-26-12-20(33(42)37-23-8-9-24(35)25(36)15-23)7-10-28(26)39-16-19-11-22(18-39)27-5-4-6-31(41)40(27)17-19/h4-10,12-15,19,22H,11,16-18H2,1-3H3,(H,37,42)(H,38,43). The van der Waals surface area contributed by atoms with Crippen molar-refractivity contribution in [3.8, 4) is 17.2 Å². The zero-order valence-electron chi connectivity index (χ0n) is 25.4. The van der Waals surface area contributed by atoms with E-state index in [1.165, 1.54) is 39.5 Å². The Balaban J connectivity index is 1.35. The molecule has 2 bridgehead atoms. The number of carbonyl (C=O) groups excluding carboxylic acids is 2. The maximum absolute atomic E-state index is 13.8. The molecule has 2 aliphatic heterocycles. The lowest BCUT2D eigenvalue weighted by molar-refractivity contribution is 0.101. The molecule has 238 valence electrons. The predicted octanol–water partition coefficient (Wildman–Crippen LogP) is 5.28. The molecule has 2 N–H and O–H groups in total. The average Bonchev–Trinajstić information content (AvgIpc) is 3.06. The van der Waals surface area contributed by atoms with Crippen LogP contribution in [0.15, 0.2) is 71.5 Å². The number of methoxy groups -OCH3 is 3. The van der Waals surface area contributed by atoms with Gasteiger partial charge < -0.3 is 34.3 Å². The van der Waals surface area contributed by atoms with Crippen molar-refractivity contribution in [3.05, 3.63) is 106 Å². The molecule has 0 spiro atoms. The summed E-state index contributed by atoms with van der Waals surface area (Å²) in [5.41, 5.74) is 2.49. The fourth-order valence-corrected chi connectivity index (χ4v) is 6.33. The van der Waals surface area contributed by atoms with Crippen molar-refractivity contribution in [2.24, 2.45) is 5.92 Å². The smallest absolute Gasteiger partial charge is 0.255 e. The summed E-state index contributed by atoms with van der Waals surface area (Å²) in [6.07, 6.45) is 0.932. The number of pyridine rings is 1. The summed E-state index contributed by atoms with van der Waals surface area (Å²) < 4.78 is 45.3. The number of piperidine rings is 1. The van der Waals surface area contributed by atoms with E-state index in [9.17, 15) is 23.2 Å². The molecule has 0 radical (unpaired) electrons. The van der Waals surface area contributed by atoms with E-state index in [4.69, 9.17) is 14.2 Å². The number of hydrogen-bond donors (Lipinski definition) is 2. The van der Waals surface area contributed by atoms with Crippen LogP contribution < -0.4 is 35.3 Å². The second-order valence-electron chi connectivity index (χ2n) is 11.3. The predicted molar refractivity (Wildman–Crippen MR) is 169 cm³/mol. The van der Waals surface area contributed by atoms with E-state index in [0.717, 1.165) is 24.2 Å². The number of rotatable bonds is 8. The normalized spacial score (nSPS) is 16.7. The molecule has 46 heavy (non-hydrogen) atoms. The highest BCUT2D eigenvalue weighted by molar-refractivity contribution is 6.09. The first-order chi connectivity index (χ1) is 22.2. The van der Waals surface area contributed by atoms with Gasteiger partial charge in [0.2, 0.25) is 5.75 Å². The number of nitrogens with zero attached hydrogens (tertiary/aromatic N) is 2. The molecule has 1 fully saturated rings. The molecule has 4 aromatic rings. The van der Waals surface area contributed by atoms with E-state index in [0.29, 0.717) is 48.3 Å². The number of hydrogen-bond acceptors (Lipinski definition) is 7. The average molecular weight is 631 g/mol. The fraction of sp³-hybridized carbons (Fsp3) is 0.265. The topological polar surface area (TPSA) is 111 Å². The van der Waals surface area contributed by atoms with Gasteiger partial charge in [-0.15, -0.1) is 0 Å². The molecular weight excluding hydrogens is 598 g/mol. The molecule has 3 aromatic carbocycles. The number of halogens is 2. The summed E-state index contributed by atoms with van der Waals surface area (Å²) in [4.78, 5) is 41.7. The molecular formula is C34H32F2N4O6. The summed E-state index contributed by atoms with van der Waals surface area (Å²) in [5, 5.41) is 5.53. The van der Waals surface area contributed by atoms with Crippen LogP contribution in [0.25, 0.3) is 0 Å². The third-order valence-electron chi connectivity index (χ3n) is 8.43. The Hall–Kier alpha value is -5.39. The number of amides is 2. The molecule has 0 aliphatic carbocycles. The van der Waals surface area contributed by atoms with Gasteiger partial charge >= 0.3 is 0 Å². The zero-order valence-corrected chi connectivity index (χ0v) is 25.4. The van der Waals surface area contributed by atoms with Crippen LogP contribution in [0.1, 0.15) is 38.7 Å². The van der Waals surface area contributed by atoms with Gasteiger partial charge in [-0.1, -0.05) is 6.07 Å². The minimum Gasteiger partial charge on any atom is -0.493 e. The van der Waals surface area contributed by atoms with E-state index < -0.39 is 23.4 Å². The van der Waals surface area contributed by atoms with E-state index >= 15 is 0 Å². The summed E-state index contributed by atoms with van der Waals surface area (Å²) in [5.74, 6) is -1.98. The van der Waals surface area contributed by atoms with Crippen molar-refractivity contribution in [1.29, 1.82) is 0 Å². The van der Waals surface area contributed by atoms with Gasteiger partial charge in [-0.25, -0.2) is 8.78 Å². The van der Waals surface area contributed by atoms with Crippen LogP contribution in [-0.2, 0) is 6.54 Å². The SMILES string of the molecule is COc1cc(C(=O)Nc2cc(C(=O)Nc3ccc(F)c(F)c3)ccc2N2CC3CC(C2)c2cccc(=O)n2C3)cc(OC)c1OC. The van der Waals surface area contributed by atoms with Gasteiger partial charge in [0.05, 0.1) is 32.7 Å². The molecule has 2 atom stereocenters. The minimum absolute atomic E-state index is 0.0182. The van der Waals surface area contributed by atoms with Crippen LogP contribution in [0, 0.1) is 17.6 Å². The number of benzene rings is 3. The summed E-state index contributed by atoms with van der Waals surface area (Å²) in [7, 11) is 4.36. The molecule has 1 saturated heterocycles. The van der Waals surface area contributed by atoms with Crippen LogP contribution in [0.2, 0.25) is 0 Å². The lowest BCUT2D eigenvalue weighted by atomic mass is 9.83. The monoisotopic (exact) mass is 630 g/mol. The Bertz CT molecular complexity index is 1870. The lowest BCUT2D eigenvalue weighted by Crippen LogP contribution is -2.47. The van der Waals surface area contributed by atoms with Gasteiger partial charge in [-0.05, 0) is 60.9 Å². The van der Waals surface area contributed by atoms with E-state index in [1.54, 1.807) is 30.3 Å². The third-order valence-corrected chi connectivity index (χ3v) is 8.43. The van der Waals surface area contributed by atoms with Crippen LogP contribution in [0.4, 0.5) is 25.8 Å². The Labute approximate surface area is 263 Å². The Morgan fingerprint density at radius 3 is 2.22 bits per heavy atom. The molecule has 2 amide bonds. The Morgan fingerprint density at radius 2 is 1.52 bits per heavy atom. The van der Waals surface area contributed by atoms with Gasteiger partial charge in [0.15, 0.2) is 23.1 Å². The fourth-order valence-electron chi connectivity index (χ4n) is 6.33. The van der Waals surface area contributed by atoms with Crippen molar-refractivity contribution in [2.75, 3.05) is 50.0 Å². The van der Waals surface area contributed by atoms with Crippen LogP contribution in [-0.4, -0.2) is 50.8 Å². The first-order valence-corrected chi connectivity index (χ1v) is 14.7. The van der Waals surface area contributed by atoms with E-state index in [1.807, 2.05) is 10.6 Å². The third kappa shape index (κ3) is 5.85. The van der Waals surface area contributed by atoms with Crippen LogP contribution >= 0.6 is 0 Å². The second kappa shape index (κ2) is 12.5. The second-order valence-corrected chi connectivity index (χ2v) is 11.3. The van der Waals surface area contributed by atoms with Crippen LogP contribution in [0.5, 0.6) is 17.2 Å². The number of anilines is 3. The van der Waals surface area contributed by atoms with Crippen molar-refractivity contribution < 1.29 is 32.6 Å². The molecule has 2 aliphatic rings. The van der Waals surface area contributed by atoms with Crippen molar-refractivity contribution in [2.45, 2.75) is 18.9 Å². The lowest BCUT2D eigenvalue weighted by Gasteiger charge is -2.44. The first-order valence-electron chi connectivity index (χ1n) is 14.7. The number of ether oxygens (including phenoxy) is 3. The van der Waals surface area contributed by atoms with Gasteiger partial charge in [0.25, 0.3) is 17.4 Å². The first kappa shape index (κ1) is 30.6. The van der Waals surface area contributed by atoms with E-state index in [-0.39, 0.29) is 34.2 Å². The minimum atomic E-state index is -1.09. The molecule has 0 saturated carbocycles. The van der Waals surface area contributed by atoms with Gasteiger partial charge in [-0.3, -0.25) is 14.4 Å². The summed E-state index contributed by atoms with van der Waals surface area (Å²) in [6.45, 7) is 1.81. The maximum Gasteiger partial charge on any atom is 0.255 e. The highest BCUT2D eigenvalue weighted by Crippen LogP contribution is 2.41.